The molecule has 0 saturated carbocycles. The second kappa shape index (κ2) is 11.7. The molecule has 0 saturated heterocycles. The van der Waals surface area contributed by atoms with Gasteiger partial charge < -0.3 is 19.5 Å². The van der Waals surface area contributed by atoms with Crippen LogP contribution in [0.4, 0.5) is 4.79 Å². The number of nitrogens with zero attached hydrogens (tertiary/aromatic N) is 1. The maximum absolute atomic E-state index is 11.9. The molecule has 1 heterocycles. The van der Waals surface area contributed by atoms with E-state index in [0.717, 1.165) is 11.1 Å². The molecule has 0 aliphatic rings. The highest BCUT2D eigenvalue weighted by atomic mass is 16.6. The van der Waals surface area contributed by atoms with Crippen molar-refractivity contribution in [2.75, 3.05) is 7.11 Å². The number of carbonyl (C=O) groups is 1. The molecule has 1 atom stereocenters. The van der Waals surface area contributed by atoms with Crippen LogP contribution in [0.15, 0.2) is 60.7 Å². The number of alkyl carbamates (subject to hydrolysis) is 1. The number of aromatic nitrogens is 1. The number of amides is 1. The Morgan fingerprint density at radius 1 is 1.00 bits per heavy atom. The van der Waals surface area contributed by atoms with Crippen molar-refractivity contribution in [1.29, 1.82) is 0 Å². The second-order valence-corrected chi connectivity index (χ2v) is 9.31. The van der Waals surface area contributed by atoms with E-state index in [0.29, 0.717) is 24.9 Å². The summed E-state index contributed by atoms with van der Waals surface area (Å²) in [7, 11) is 1.57. The topological polar surface area (TPSA) is 81.7 Å². The lowest BCUT2D eigenvalue weighted by Crippen LogP contribution is -2.45. The Bertz CT molecular complexity index is 1130. The van der Waals surface area contributed by atoms with E-state index in [1.54, 1.807) is 7.11 Å². The lowest BCUT2D eigenvalue weighted by atomic mass is 9.97. The first-order valence-electron chi connectivity index (χ1n) is 11.7. The van der Waals surface area contributed by atoms with Gasteiger partial charge in [0.05, 0.1) is 13.3 Å². The van der Waals surface area contributed by atoms with Crippen molar-refractivity contribution >= 4 is 6.09 Å². The predicted octanol–water partition coefficient (Wildman–Crippen LogP) is 5.60. The van der Waals surface area contributed by atoms with Crippen LogP contribution in [0.3, 0.4) is 0 Å². The van der Waals surface area contributed by atoms with Gasteiger partial charge in [-0.25, -0.2) is 4.79 Å². The molecule has 3 rings (SSSR count). The summed E-state index contributed by atoms with van der Waals surface area (Å²) in [6, 6.07) is 20.3. The van der Waals surface area contributed by atoms with Crippen molar-refractivity contribution < 1.29 is 19.0 Å². The molecule has 1 unspecified atom stereocenters. The zero-order chi connectivity index (χ0) is 25.4. The molecule has 3 aromatic rings. The van der Waals surface area contributed by atoms with Gasteiger partial charge in [-0.3, -0.25) is 5.32 Å². The van der Waals surface area contributed by atoms with E-state index in [2.05, 4.69) is 46.8 Å². The van der Waals surface area contributed by atoms with Gasteiger partial charge in [0, 0.05) is 18.2 Å². The first-order valence-corrected chi connectivity index (χ1v) is 11.7. The third-order valence-electron chi connectivity index (χ3n) is 5.35. The summed E-state index contributed by atoms with van der Waals surface area (Å²) in [5.74, 6) is 0.948. The van der Waals surface area contributed by atoms with Crippen molar-refractivity contribution in [3.63, 3.8) is 0 Å². The maximum atomic E-state index is 11.9. The van der Waals surface area contributed by atoms with Crippen LogP contribution in [0, 0.1) is 6.92 Å². The maximum Gasteiger partial charge on any atom is 0.408 e. The smallest absolute Gasteiger partial charge is 0.408 e. The summed E-state index contributed by atoms with van der Waals surface area (Å²) in [6.45, 7) is 10.3. The van der Waals surface area contributed by atoms with Crippen molar-refractivity contribution in [2.24, 2.45) is 0 Å². The third-order valence-corrected chi connectivity index (χ3v) is 5.35. The standard InChI is InChI=1S/C28H35N3O4/c1-19-23(13-10-14-24(19)21-11-8-7-9-12-21)18-34-25-16-15-22(26(31-25)33-6)17-29-20(2)30-27(32)35-28(3,4)5/h7-16,20,29H,17-18H2,1-6H3,(H,30,32). The third kappa shape index (κ3) is 7.72. The van der Waals surface area contributed by atoms with Crippen LogP contribution in [-0.4, -0.2) is 30.0 Å². The van der Waals surface area contributed by atoms with Crippen molar-refractivity contribution in [1.82, 2.24) is 15.6 Å². The summed E-state index contributed by atoms with van der Waals surface area (Å²) >= 11 is 0. The molecule has 0 spiro atoms. The number of nitrogens with one attached hydrogen (secondary N) is 2. The van der Waals surface area contributed by atoms with Crippen LogP contribution in [0.2, 0.25) is 0 Å². The molecular formula is C28H35N3O4. The number of ether oxygens (including phenoxy) is 3. The summed E-state index contributed by atoms with van der Waals surface area (Å²) in [4.78, 5) is 16.4. The van der Waals surface area contributed by atoms with Gasteiger partial charge in [-0.2, -0.15) is 4.98 Å². The number of rotatable bonds is 9. The Morgan fingerprint density at radius 2 is 1.74 bits per heavy atom. The highest BCUT2D eigenvalue weighted by Gasteiger charge is 2.18. The Hall–Kier alpha value is -3.58. The SMILES string of the molecule is COc1nc(OCc2cccc(-c3ccccc3)c2C)ccc1CNC(C)NC(=O)OC(C)(C)C. The van der Waals surface area contributed by atoms with E-state index >= 15 is 0 Å². The number of hydrogen-bond acceptors (Lipinski definition) is 6. The van der Waals surface area contributed by atoms with Crippen molar-refractivity contribution in [3.05, 3.63) is 77.4 Å². The minimum absolute atomic E-state index is 0.301. The first kappa shape index (κ1) is 26.0. The molecule has 1 amide bonds. The Labute approximate surface area is 207 Å². The number of methoxy groups -OCH3 is 1. The Kier molecular flexibility index (Phi) is 8.71. The average molecular weight is 478 g/mol. The highest BCUT2D eigenvalue weighted by molar-refractivity contribution is 5.68. The van der Waals surface area contributed by atoms with Crippen LogP contribution in [0.5, 0.6) is 11.8 Å². The molecule has 7 nitrogen and oxygen atoms in total. The lowest BCUT2D eigenvalue weighted by molar-refractivity contribution is 0.0499. The molecule has 186 valence electrons. The van der Waals surface area contributed by atoms with Gasteiger partial charge in [-0.1, -0.05) is 48.5 Å². The molecule has 0 fully saturated rings. The minimum Gasteiger partial charge on any atom is -0.481 e. The minimum atomic E-state index is -0.547. The predicted molar refractivity (Wildman–Crippen MR) is 137 cm³/mol. The summed E-state index contributed by atoms with van der Waals surface area (Å²) in [6.07, 6.45) is -0.775. The van der Waals surface area contributed by atoms with Gasteiger partial charge >= 0.3 is 6.09 Å². The Balaban J connectivity index is 1.60. The molecule has 2 aromatic carbocycles. The molecule has 0 aliphatic carbocycles. The van der Waals surface area contributed by atoms with E-state index in [1.165, 1.54) is 16.7 Å². The van der Waals surface area contributed by atoms with Gasteiger partial charge in [0.2, 0.25) is 11.8 Å². The molecule has 0 radical (unpaired) electrons. The molecule has 0 aliphatic heterocycles. The Morgan fingerprint density at radius 3 is 2.43 bits per heavy atom. The highest BCUT2D eigenvalue weighted by Crippen LogP contribution is 2.27. The number of benzene rings is 2. The molecule has 35 heavy (non-hydrogen) atoms. The lowest BCUT2D eigenvalue weighted by Gasteiger charge is -2.22. The monoisotopic (exact) mass is 477 g/mol. The largest absolute Gasteiger partial charge is 0.481 e. The van der Waals surface area contributed by atoms with Crippen LogP contribution >= 0.6 is 0 Å². The van der Waals surface area contributed by atoms with E-state index in [4.69, 9.17) is 14.2 Å². The summed E-state index contributed by atoms with van der Waals surface area (Å²) in [5.41, 5.74) is 4.94. The first-order chi connectivity index (χ1) is 16.7. The van der Waals surface area contributed by atoms with Gasteiger partial charge in [0.25, 0.3) is 0 Å². The van der Waals surface area contributed by atoms with E-state index in [-0.39, 0.29) is 6.17 Å². The second-order valence-electron chi connectivity index (χ2n) is 9.31. The van der Waals surface area contributed by atoms with E-state index in [1.807, 2.05) is 64.1 Å². The molecule has 7 heteroatoms. The fourth-order valence-electron chi connectivity index (χ4n) is 3.56. The van der Waals surface area contributed by atoms with Crippen molar-refractivity contribution in [3.8, 4) is 22.9 Å². The number of carbonyl (C=O) groups excluding carboxylic acids is 1. The van der Waals surface area contributed by atoms with Gasteiger partial charge in [0.1, 0.15) is 12.2 Å². The average Bonchev–Trinajstić information content (AvgIpc) is 2.81. The van der Waals surface area contributed by atoms with E-state index in [9.17, 15) is 4.79 Å². The van der Waals surface area contributed by atoms with Crippen LogP contribution < -0.4 is 20.1 Å². The van der Waals surface area contributed by atoms with Crippen LogP contribution in [-0.2, 0) is 17.9 Å². The zero-order valence-electron chi connectivity index (χ0n) is 21.3. The van der Waals surface area contributed by atoms with Crippen LogP contribution in [0.1, 0.15) is 44.4 Å². The zero-order valence-corrected chi connectivity index (χ0v) is 21.3. The normalized spacial score (nSPS) is 12.1. The summed E-state index contributed by atoms with van der Waals surface area (Å²) in [5, 5.41) is 5.98. The van der Waals surface area contributed by atoms with Gasteiger partial charge in [-0.05, 0) is 62.9 Å². The molecule has 0 bridgehead atoms. The van der Waals surface area contributed by atoms with Gasteiger partial charge in [-0.15, -0.1) is 0 Å². The van der Waals surface area contributed by atoms with E-state index < -0.39 is 11.7 Å². The summed E-state index contributed by atoms with van der Waals surface area (Å²) < 4.78 is 16.8. The number of pyridine rings is 1. The fourth-order valence-corrected chi connectivity index (χ4v) is 3.56. The van der Waals surface area contributed by atoms with Gasteiger partial charge in [0.15, 0.2) is 0 Å². The molecular weight excluding hydrogens is 442 g/mol. The number of hydrogen-bond donors (Lipinski definition) is 2. The molecule has 2 N–H and O–H groups in total. The van der Waals surface area contributed by atoms with Crippen LogP contribution in [0.25, 0.3) is 11.1 Å². The fraction of sp³-hybridized carbons (Fsp3) is 0.357. The molecule has 1 aromatic heterocycles. The quantitative estimate of drug-likeness (QED) is 0.390. The van der Waals surface area contributed by atoms with Crippen molar-refractivity contribution in [2.45, 2.75) is 59.5 Å².